The van der Waals surface area contributed by atoms with Crippen LogP contribution < -0.4 is 0 Å². The minimum absolute atomic E-state index is 0.310. The number of methoxy groups -OCH3 is 1. The molecule has 1 aliphatic carbocycles. The molecule has 0 spiro atoms. The van der Waals surface area contributed by atoms with Gasteiger partial charge in [0.15, 0.2) is 0 Å². The zero-order chi connectivity index (χ0) is 15.4. The van der Waals surface area contributed by atoms with Crippen LogP contribution in [0.2, 0.25) is 0 Å². The summed E-state index contributed by atoms with van der Waals surface area (Å²) < 4.78 is 6.06. The van der Waals surface area contributed by atoms with Crippen molar-refractivity contribution in [2.45, 2.75) is 32.4 Å². The maximum Gasteiger partial charge on any atom is 0.335 e. The number of carboxylic acid groups (broad SMARTS) is 1. The number of ether oxygens (including phenoxy) is 1. The molecule has 21 heavy (non-hydrogen) atoms. The van der Waals surface area contributed by atoms with Gasteiger partial charge in [-0.3, -0.25) is 4.90 Å². The Morgan fingerprint density at radius 3 is 2.76 bits per heavy atom. The molecule has 0 bridgehead atoms. The van der Waals surface area contributed by atoms with E-state index < -0.39 is 5.97 Å². The van der Waals surface area contributed by atoms with Crippen molar-refractivity contribution >= 4 is 21.9 Å². The topological polar surface area (TPSA) is 49.8 Å². The number of aromatic carboxylic acids is 1. The van der Waals surface area contributed by atoms with Gasteiger partial charge < -0.3 is 9.84 Å². The Morgan fingerprint density at radius 1 is 1.52 bits per heavy atom. The quantitative estimate of drug-likeness (QED) is 0.776. The van der Waals surface area contributed by atoms with Crippen LogP contribution in [0.25, 0.3) is 0 Å². The summed E-state index contributed by atoms with van der Waals surface area (Å²) in [5.74, 6) is -0.108. The minimum atomic E-state index is -0.898. The molecule has 116 valence electrons. The average molecular weight is 356 g/mol. The summed E-state index contributed by atoms with van der Waals surface area (Å²) in [4.78, 5) is 13.4. The van der Waals surface area contributed by atoms with E-state index in [2.05, 4.69) is 27.8 Å². The Hall–Kier alpha value is -0.910. The fourth-order valence-corrected chi connectivity index (χ4v) is 3.04. The van der Waals surface area contributed by atoms with Crippen LogP contribution in [0, 0.1) is 5.92 Å². The number of rotatable bonds is 8. The molecule has 1 unspecified atom stereocenters. The molecule has 1 atom stereocenters. The number of nitrogens with zero attached hydrogens (tertiary/aromatic N) is 1. The van der Waals surface area contributed by atoms with Gasteiger partial charge in [0.1, 0.15) is 0 Å². The number of benzene rings is 1. The van der Waals surface area contributed by atoms with Crippen molar-refractivity contribution in [1.29, 1.82) is 0 Å². The van der Waals surface area contributed by atoms with E-state index in [9.17, 15) is 4.79 Å². The Labute approximate surface area is 134 Å². The zero-order valence-corrected chi connectivity index (χ0v) is 14.1. The van der Waals surface area contributed by atoms with Crippen molar-refractivity contribution in [2.24, 2.45) is 5.92 Å². The first-order valence-corrected chi connectivity index (χ1v) is 8.07. The van der Waals surface area contributed by atoms with Gasteiger partial charge in [0, 0.05) is 30.7 Å². The first kappa shape index (κ1) is 16.5. The maximum atomic E-state index is 11.0. The van der Waals surface area contributed by atoms with E-state index in [1.54, 1.807) is 19.2 Å². The predicted molar refractivity (Wildman–Crippen MR) is 85.6 cm³/mol. The first-order chi connectivity index (χ1) is 10.0. The van der Waals surface area contributed by atoms with Gasteiger partial charge in [0.2, 0.25) is 0 Å². The molecule has 1 aliphatic rings. The highest BCUT2D eigenvalue weighted by molar-refractivity contribution is 9.10. The summed E-state index contributed by atoms with van der Waals surface area (Å²) in [6.07, 6.45) is 2.62. The van der Waals surface area contributed by atoms with Gasteiger partial charge in [-0.25, -0.2) is 4.79 Å². The molecule has 0 aliphatic heterocycles. The fourth-order valence-electron chi connectivity index (χ4n) is 2.54. The summed E-state index contributed by atoms with van der Waals surface area (Å²) in [6.45, 7) is 4.68. The van der Waals surface area contributed by atoms with Crippen molar-refractivity contribution < 1.29 is 14.6 Å². The minimum Gasteiger partial charge on any atom is -0.478 e. The van der Waals surface area contributed by atoms with Crippen molar-refractivity contribution in [2.75, 3.05) is 20.3 Å². The third-order valence-corrected chi connectivity index (χ3v) is 4.87. The molecule has 0 saturated heterocycles. The van der Waals surface area contributed by atoms with Crippen LogP contribution in [0.1, 0.15) is 35.7 Å². The highest BCUT2D eigenvalue weighted by Gasteiger charge is 2.32. The summed E-state index contributed by atoms with van der Waals surface area (Å²) >= 11 is 3.49. The Balaban J connectivity index is 2.09. The third-order valence-electron chi connectivity index (χ3n) is 4.14. The molecule has 4 nitrogen and oxygen atoms in total. The number of carbonyl (C=O) groups is 1. The van der Waals surface area contributed by atoms with E-state index in [1.165, 1.54) is 12.8 Å². The molecule has 1 aromatic rings. The second kappa shape index (κ2) is 7.38. The standard InChI is InChI=1S/C16H22BrNO3/c1-11(12-3-4-12)18(7-8-21-2)10-14-6-5-13(16(19)20)9-15(14)17/h5-6,9,11-12H,3-4,7-8,10H2,1-2H3,(H,19,20). The Bertz CT molecular complexity index is 502. The number of hydrogen-bond acceptors (Lipinski definition) is 3. The van der Waals surface area contributed by atoms with Crippen LogP contribution in [-0.4, -0.2) is 42.3 Å². The average Bonchev–Trinajstić information content (AvgIpc) is 3.28. The van der Waals surface area contributed by atoms with Crippen LogP contribution in [0.4, 0.5) is 0 Å². The molecule has 2 rings (SSSR count). The van der Waals surface area contributed by atoms with Gasteiger partial charge in [0.25, 0.3) is 0 Å². The van der Waals surface area contributed by atoms with E-state index in [4.69, 9.17) is 9.84 Å². The lowest BCUT2D eigenvalue weighted by atomic mass is 10.1. The Kier molecular flexibility index (Phi) is 5.79. The fraction of sp³-hybridized carbons (Fsp3) is 0.562. The number of carboxylic acids is 1. The normalized spacial score (nSPS) is 16.2. The van der Waals surface area contributed by atoms with Gasteiger partial charge in [0.05, 0.1) is 12.2 Å². The molecular weight excluding hydrogens is 334 g/mol. The molecule has 0 radical (unpaired) electrons. The smallest absolute Gasteiger partial charge is 0.335 e. The third kappa shape index (κ3) is 4.53. The van der Waals surface area contributed by atoms with Crippen molar-refractivity contribution in [3.63, 3.8) is 0 Å². The summed E-state index contributed by atoms with van der Waals surface area (Å²) in [5.41, 5.74) is 1.42. The maximum absolute atomic E-state index is 11.0. The highest BCUT2D eigenvalue weighted by Crippen LogP contribution is 2.36. The molecule has 5 heteroatoms. The summed E-state index contributed by atoms with van der Waals surface area (Å²) in [5, 5.41) is 9.02. The Morgan fingerprint density at radius 2 is 2.24 bits per heavy atom. The summed E-state index contributed by atoms with van der Waals surface area (Å²) in [7, 11) is 1.72. The molecule has 0 heterocycles. The van der Waals surface area contributed by atoms with Crippen LogP contribution >= 0.6 is 15.9 Å². The molecular formula is C16H22BrNO3. The van der Waals surface area contributed by atoms with Crippen LogP contribution in [0.3, 0.4) is 0 Å². The van der Waals surface area contributed by atoms with Crippen molar-refractivity contribution in [1.82, 2.24) is 4.90 Å². The largest absolute Gasteiger partial charge is 0.478 e. The summed E-state index contributed by atoms with van der Waals surface area (Å²) in [6, 6.07) is 5.77. The highest BCUT2D eigenvalue weighted by atomic mass is 79.9. The monoisotopic (exact) mass is 355 g/mol. The first-order valence-electron chi connectivity index (χ1n) is 7.27. The van der Waals surface area contributed by atoms with Crippen molar-refractivity contribution in [3.05, 3.63) is 33.8 Å². The van der Waals surface area contributed by atoms with Crippen LogP contribution in [-0.2, 0) is 11.3 Å². The lowest BCUT2D eigenvalue weighted by Gasteiger charge is -2.29. The van der Waals surface area contributed by atoms with E-state index >= 15 is 0 Å². The zero-order valence-electron chi connectivity index (χ0n) is 12.5. The molecule has 1 saturated carbocycles. The molecule has 1 aromatic carbocycles. The second-order valence-corrected chi connectivity index (χ2v) is 6.51. The van der Waals surface area contributed by atoms with E-state index in [1.807, 2.05) is 6.07 Å². The number of halogens is 1. The van der Waals surface area contributed by atoms with E-state index in [0.717, 1.165) is 29.0 Å². The molecule has 1 N–H and O–H groups in total. The van der Waals surface area contributed by atoms with Gasteiger partial charge in [-0.2, -0.15) is 0 Å². The molecule has 1 fully saturated rings. The van der Waals surface area contributed by atoms with Crippen molar-refractivity contribution in [3.8, 4) is 0 Å². The lowest BCUT2D eigenvalue weighted by Crippen LogP contribution is -2.36. The second-order valence-electron chi connectivity index (χ2n) is 5.65. The SMILES string of the molecule is COCCN(Cc1ccc(C(=O)O)cc1Br)C(C)C1CC1. The van der Waals surface area contributed by atoms with E-state index in [0.29, 0.717) is 18.2 Å². The van der Waals surface area contributed by atoms with Crippen LogP contribution in [0.5, 0.6) is 0 Å². The van der Waals surface area contributed by atoms with Gasteiger partial charge in [-0.05, 0) is 43.4 Å². The molecule has 0 aromatic heterocycles. The van der Waals surface area contributed by atoms with Crippen LogP contribution in [0.15, 0.2) is 22.7 Å². The van der Waals surface area contributed by atoms with Gasteiger partial charge in [-0.15, -0.1) is 0 Å². The number of hydrogen-bond donors (Lipinski definition) is 1. The predicted octanol–water partition coefficient (Wildman–Crippen LogP) is 3.39. The lowest BCUT2D eigenvalue weighted by molar-refractivity contribution is 0.0696. The van der Waals surface area contributed by atoms with Gasteiger partial charge in [-0.1, -0.05) is 22.0 Å². The van der Waals surface area contributed by atoms with Gasteiger partial charge >= 0.3 is 5.97 Å². The molecule has 0 amide bonds. The van der Waals surface area contributed by atoms with E-state index in [-0.39, 0.29) is 0 Å².